The molecule has 0 N–H and O–H groups in total. The standard InChI is InChI=1S/C18H25N2O2/c1-16(2,3)15(21)14-13(12-9-8-10-19-11-12)17(4,5)20(22)18(14,6)7/h8-11H,1-7H3. The first-order chi connectivity index (χ1) is 9.91. The number of carbonyl (C=O) groups is 1. The average Bonchev–Trinajstić information content (AvgIpc) is 2.55. The van der Waals surface area contributed by atoms with Crippen LogP contribution in [0.2, 0.25) is 0 Å². The summed E-state index contributed by atoms with van der Waals surface area (Å²) < 4.78 is 0. The molecule has 1 aromatic rings. The lowest BCUT2D eigenvalue weighted by molar-refractivity contribution is -0.236. The fourth-order valence-electron chi connectivity index (χ4n) is 3.29. The smallest absolute Gasteiger partial charge is 0.166 e. The minimum absolute atomic E-state index is 0.0165. The van der Waals surface area contributed by atoms with Crippen LogP contribution in [0.15, 0.2) is 30.1 Å². The summed E-state index contributed by atoms with van der Waals surface area (Å²) in [5, 5.41) is 13.9. The maximum atomic E-state index is 13.1. The Kier molecular flexibility index (Phi) is 3.83. The normalized spacial score (nSPS) is 21.3. The van der Waals surface area contributed by atoms with E-state index in [0.717, 1.165) is 16.2 Å². The molecule has 1 aliphatic heterocycles. The van der Waals surface area contributed by atoms with Gasteiger partial charge in [0.1, 0.15) is 0 Å². The molecule has 4 heteroatoms. The zero-order valence-corrected chi connectivity index (χ0v) is 14.5. The molecular weight excluding hydrogens is 276 g/mol. The van der Waals surface area contributed by atoms with Crippen molar-refractivity contribution in [3.8, 4) is 0 Å². The Bertz CT molecular complexity index is 622. The van der Waals surface area contributed by atoms with Crippen molar-refractivity contribution in [2.75, 3.05) is 0 Å². The van der Waals surface area contributed by atoms with Crippen molar-refractivity contribution in [1.82, 2.24) is 10.0 Å². The van der Waals surface area contributed by atoms with Gasteiger partial charge in [-0.3, -0.25) is 9.78 Å². The first-order valence-corrected chi connectivity index (χ1v) is 7.59. The number of rotatable bonds is 2. The predicted octanol–water partition coefficient (Wildman–Crippen LogP) is 3.67. The summed E-state index contributed by atoms with van der Waals surface area (Å²) in [5.41, 5.74) is 0.0587. The molecule has 22 heavy (non-hydrogen) atoms. The van der Waals surface area contributed by atoms with E-state index in [4.69, 9.17) is 0 Å². The number of nitrogens with zero attached hydrogens (tertiary/aromatic N) is 2. The number of Topliss-reactive ketones (excluding diaryl/α,β-unsaturated/α-hetero) is 1. The highest BCUT2D eigenvalue weighted by Gasteiger charge is 2.55. The van der Waals surface area contributed by atoms with Gasteiger partial charge in [-0.1, -0.05) is 26.8 Å². The van der Waals surface area contributed by atoms with Crippen LogP contribution in [-0.4, -0.2) is 26.9 Å². The Balaban J connectivity index is 2.80. The van der Waals surface area contributed by atoms with E-state index in [2.05, 4.69) is 4.98 Å². The molecule has 4 nitrogen and oxygen atoms in total. The van der Waals surface area contributed by atoms with Crippen molar-refractivity contribution in [3.63, 3.8) is 0 Å². The molecule has 0 spiro atoms. The molecule has 0 atom stereocenters. The highest BCUT2D eigenvalue weighted by atomic mass is 16.5. The van der Waals surface area contributed by atoms with Gasteiger partial charge < -0.3 is 0 Å². The lowest BCUT2D eigenvalue weighted by Crippen LogP contribution is -2.48. The fraction of sp³-hybridized carbons (Fsp3) is 0.556. The first-order valence-electron chi connectivity index (χ1n) is 7.59. The van der Waals surface area contributed by atoms with E-state index in [1.165, 1.54) is 0 Å². The van der Waals surface area contributed by atoms with Crippen molar-refractivity contribution in [3.05, 3.63) is 35.7 Å². The molecule has 0 saturated heterocycles. The van der Waals surface area contributed by atoms with Crippen LogP contribution in [0.25, 0.3) is 5.57 Å². The molecule has 0 aromatic carbocycles. The molecule has 0 amide bonds. The molecule has 0 saturated carbocycles. The van der Waals surface area contributed by atoms with Crippen LogP contribution in [0, 0.1) is 5.41 Å². The van der Waals surface area contributed by atoms with Gasteiger partial charge in [-0.2, -0.15) is 0 Å². The van der Waals surface area contributed by atoms with Gasteiger partial charge in [0.15, 0.2) is 5.78 Å². The Labute approximate surface area is 132 Å². The number of ketones is 1. The molecule has 1 radical (unpaired) electrons. The maximum absolute atomic E-state index is 13.1. The summed E-state index contributed by atoms with van der Waals surface area (Å²) in [6.07, 6.45) is 3.42. The molecular formula is C18H25N2O2. The van der Waals surface area contributed by atoms with Gasteiger partial charge in [0, 0.05) is 23.4 Å². The van der Waals surface area contributed by atoms with Crippen LogP contribution in [0.5, 0.6) is 0 Å². The monoisotopic (exact) mass is 301 g/mol. The van der Waals surface area contributed by atoms with E-state index in [0.29, 0.717) is 5.57 Å². The van der Waals surface area contributed by atoms with E-state index in [-0.39, 0.29) is 5.78 Å². The molecule has 0 aliphatic carbocycles. The number of aromatic nitrogens is 1. The summed E-state index contributed by atoms with van der Waals surface area (Å²) in [6, 6.07) is 3.74. The van der Waals surface area contributed by atoms with Crippen LogP contribution < -0.4 is 0 Å². The molecule has 0 bridgehead atoms. The van der Waals surface area contributed by atoms with Crippen molar-refractivity contribution >= 4 is 11.4 Å². The van der Waals surface area contributed by atoms with Gasteiger partial charge in [0.05, 0.1) is 11.1 Å². The summed E-state index contributed by atoms with van der Waals surface area (Å²) >= 11 is 0. The lowest BCUT2D eigenvalue weighted by Gasteiger charge is -2.35. The number of carbonyl (C=O) groups excluding carboxylic acids is 1. The average molecular weight is 301 g/mol. The second-order valence-corrected chi connectivity index (χ2v) is 7.98. The van der Waals surface area contributed by atoms with Crippen LogP contribution in [-0.2, 0) is 10.0 Å². The third-order valence-corrected chi connectivity index (χ3v) is 4.35. The summed E-state index contributed by atoms with van der Waals surface area (Å²) in [7, 11) is 0. The van der Waals surface area contributed by atoms with Gasteiger partial charge in [0.25, 0.3) is 0 Å². The molecule has 0 fully saturated rings. The molecule has 1 aromatic heterocycles. The summed E-state index contributed by atoms with van der Waals surface area (Å²) in [4.78, 5) is 17.2. The second kappa shape index (κ2) is 5.00. The van der Waals surface area contributed by atoms with Crippen LogP contribution >= 0.6 is 0 Å². The number of hydrogen-bond acceptors (Lipinski definition) is 3. The second-order valence-electron chi connectivity index (χ2n) is 7.98. The van der Waals surface area contributed by atoms with Gasteiger partial charge in [0.2, 0.25) is 0 Å². The highest BCUT2D eigenvalue weighted by Crippen LogP contribution is 2.50. The van der Waals surface area contributed by atoms with Gasteiger partial charge in [-0.05, 0) is 44.9 Å². The van der Waals surface area contributed by atoms with Crippen LogP contribution in [0.4, 0.5) is 0 Å². The number of hydrogen-bond donors (Lipinski definition) is 0. The van der Waals surface area contributed by atoms with Crippen molar-refractivity contribution in [2.45, 2.75) is 59.5 Å². The van der Waals surface area contributed by atoms with E-state index in [9.17, 15) is 10.0 Å². The number of hydroxylamine groups is 2. The van der Waals surface area contributed by atoms with Crippen molar-refractivity contribution < 1.29 is 10.0 Å². The highest BCUT2D eigenvalue weighted by molar-refractivity contribution is 6.09. The van der Waals surface area contributed by atoms with Crippen LogP contribution in [0.3, 0.4) is 0 Å². The Morgan fingerprint density at radius 3 is 2.18 bits per heavy atom. The lowest BCUT2D eigenvalue weighted by atomic mass is 9.76. The summed E-state index contributed by atoms with van der Waals surface area (Å²) in [5.74, 6) is 0.0165. The maximum Gasteiger partial charge on any atom is 0.166 e. The van der Waals surface area contributed by atoms with Gasteiger partial charge >= 0.3 is 0 Å². The van der Waals surface area contributed by atoms with E-state index >= 15 is 0 Å². The molecule has 119 valence electrons. The zero-order chi connectivity index (χ0) is 16.9. The van der Waals surface area contributed by atoms with Crippen molar-refractivity contribution in [1.29, 1.82) is 0 Å². The molecule has 2 heterocycles. The predicted molar refractivity (Wildman–Crippen MR) is 86.3 cm³/mol. The van der Waals surface area contributed by atoms with Gasteiger partial charge in [-0.15, -0.1) is 10.3 Å². The van der Waals surface area contributed by atoms with Gasteiger partial charge in [-0.25, -0.2) is 0 Å². The minimum atomic E-state index is -0.862. The van der Waals surface area contributed by atoms with Crippen LogP contribution in [0.1, 0.15) is 54.0 Å². The largest absolute Gasteiger partial charge is 0.294 e. The van der Waals surface area contributed by atoms with Crippen molar-refractivity contribution in [2.24, 2.45) is 5.41 Å². The molecule has 2 rings (SSSR count). The Hall–Kier alpha value is -1.52. The number of pyridine rings is 1. The topological polar surface area (TPSA) is 53.1 Å². The first kappa shape index (κ1) is 16.8. The molecule has 1 aliphatic rings. The van der Waals surface area contributed by atoms with E-state index < -0.39 is 16.5 Å². The zero-order valence-electron chi connectivity index (χ0n) is 14.5. The third kappa shape index (κ3) is 2.40. The Morgan fingerprint density at radius 1 is 1.14 bits per heavy atom. The summed E-state index contributed by atoms with van der Waals surface area (Å²) in [6.45, 7) is 13.0. The minimum Gasteiger partial charge on any atom is -0.294 e. The quantitative estimate of drug-likeness (QED) is 0.837. The van der Waals surface area contributed by atoms with E-state index in [1.54, 1.807) is 12.4 Å². The molecule has 0 unspecified atom stereocenters. The third-order valence-electron chi connectivity index (χ3n) is 4.35. The Morgan fingerprint density at radius 2 is 1.73 bits per heavy atom. The van der Waals surface area contributed by atoms with E-state index in [1.807, 2.05) is 60.6 Å². The fourth-order valence-corrected chi connectivity index (χ4v) is 3.29. The SMILES string of the molecule is CC(C)(C)C(=O)C1=C(c2cccnc2)C(C)(C)N([O])C1(C)C.